The van der Waals surface area contributed by atoms with Crippen LogP contribution in [0.15, 0.2) is 0 Å². The molecule has 1 saturated carbocycles. The summed E-state index contributed by atoms with van der Waals surface area (Å²) in [7, 11) is 0. The Morgan fingerprint density at radius 2 is 2.10 bits per heavy atom. The van der Waals surface area contributed by atoms with E-state index in [0.29, 0.717) is 24.5 Å². The lowest BCUT2D eigenvalue weighted by Gasteiger charge is -2.33. The highest BCUT2D eigenvalue weighted by Gasteiger charge is 2.34. The van der Waals surface area contributed by atoms with Gasteiger partial charge in [-0.1, -0.05) is 6.42 Å². The van der Waals surface area contributed by atoms with Crippen LogP contribution in [-0.4, -0.2) is 49.8 Å². The van der Waals surface area contributed by atoms with Crippen LogP contribution in [0.25, 0.3) is 0 Å². The number of carbonyl (C=O) groups is 1. The summed E-state index contributed by atoms with van der Waals surface area (Å²) in [5.74, 6) is 0.661. The summed E-state index contributed by atoms with van der Waals surface area (Å²) in [6.45, 7) is 8.99. The Bertz CT molecular complexity index is 327. The van der Waals surface area contributed by atoms with Gasteiger partial charge in [-0.3, -0.25) is 4.79 Å². The van der Waals surface area contributed by atoms with Gasteiger partial charge in [0, 0.05) is 24.2 Å². The molecule has 6 heteroatoms. The van der Waals surface area contributed by atoms with Crippen LogP contribution in [0.3, 0.4) is 0 Å². The van der Waals surface area contributed by atoms with Gasteiger partial charge in [-0.2, -0.15) is 0 Å². The van der Waals surface area contributed by atoms with Crippen LogP contribution < -0.4 is 16.0 Å². The Labute approximate surface area is 134 Å². The van der Waals surface area contributed by atoms with Crippen molar-refractivity contribution < 1.29 is 9.53 Å². The molecule has 3 N–H and O–H groups in total. The lowest BCUT2D eigenvalue weighted by molar-refractivity contribution is -0.121. The topological polar surface area (TPSA) is 62.4 Å². The molecule has 0 aromatic carbocycles. The zero-order chi connectivity index (χ0) is 14.6. The molecule has 2 rings (SSSR count). The first kappa shape index (κ1) is 18.7. The number of rotatable bonds is 4. The minimum atomic E-state index is -0.160. The molecule has 0 spiro atoms. The van der Waals surface area contributed by atoms with Gasteiger partial charge in [0.05, 0.1) is 19.8 Å². The van der Waals surface area contributed by atoms with Gasteiger partial charge in [-0.05, 0) is 39.5 Å². The van der Waals surface area contributed by atoms with E-state index in [1.54, 1.807) is 0 Å². The molecule has 0 aromatic heterocycles. The number of amides is 1. The monoisotopic (exact) mass is 319 g/mol. The van der Waals surface area contributed by atoms with Gasteiger partial charge in [0.15, 0.2) is 0 Å². The third-order valence-electron chi connectivity index (χ3n) is 4.08. The highest BCUT2D eigenvalue weighted by atomic mass is 35.5. The first-order valence-corrected chi connectivity index (χ1v) is 7.81. The van der Waals surface area contributed by atoms with Crippen LogP contribution in [0, 0.1) is 5.92 Å². The van der Waals surface area contributed by atoms with E-state index in [0.717, 1.165) is 26.2 Å². The summed E-state index contributed by atoms with van der Waals surface area (Å²) in [5, 5.41) is 9.99. The van der Waals surface area contributed by atoms with Crippen molar-refractivity contribution in [2.24, 2.45) is 5.92 Å². The second kappa shape index (κ2) is 8.32. The van der Waals surface area contributed by atoms with E-state index in [2.05, 4.69) is 16.0 Å². The van der Waals surface area contributed by atoms with Crippen molar-refractivity contribution in [2.75, 3.05) is 26.3 Å². The molecule has 124 valence electrons. The second-order valence-corrected chi connectivity index (χ2v) is 7.02. The van der Waals surface area contributed by atoms with Crippen LogP contribution in [0.5, 0.6) is 0 Å². The number of hydrogen-bond donors (Lipinski definition) is 3. The largest absolute Gasteiger partial charge is 0.379 e. The maximum Gasteiger partial charge on any atom is 0.234 e. The molecular formula is C15H30ClN3O2. The van der Waals surface area contributed by atoms with Crippen LogP contribution in [-0.2, 0) is 9.53 Å². The lowest BCUT2D eigenvalue weighted by atomic mass is 9.94. The van der Waals surface area contributed by atoms with Gasteiger partial charge in [0.1, 0.15) is 0 Å². The van der Waals surface area contributed by atoms with Gasteiger partial charge in [-0.25, -0.2) is 0 Å². The minimum absolute atomic E-state index is 0. The zero-order valence-corrected chi connectivity index (χ0v) is 14.2. The fraction of sp³-hybridized carbons (Fsp3) is 0.933. The van der Waals surface area contributed by atoms with Gasteiger partial charge in [0.25, 0.3) is 0 Å². The first-order valence-electron chi connectivity index (χ1n) is 7.81. The van der Waals surface area contributed by atoms with E-state index in [-0.39, 0.29) is 23.9 Å². The van der Waals surface area contributed by atoms with E-state index < -0.39 is 0 Å². The van der Waals surface area contributed by atoms with Crippen molar-refractivity contribution in [3.8, 4) is 0 Å². The number of morpholine rings is 1. The first-order chi connectivity index (χ1) is 9.46. The quantitative estimate of drug-likeness (QED) is 0.725. The van der Waals surface area contributed by atoms with Crippen LogP contribution in [0.2, 0.25) is 0 Å². The average molecular weight is 320 g/mol. The molecule has 3 atom stereocenters. The molecule has 2 fully saturated rings. The maximum absolute atomic E-state index is 11.9. The predicted octanol–water partition coefficient (Wildman–Crippen LogP) is 1.07. The summed E-state index contributed by atoms with van der Waals surface area (Å²) >= 11 is 0. The van der Waals surface area contributed by atoms with Gasteiger partial charge >= 0.3 is 0 Å². The van der Waals surface area contributed by atoms with Gasteiger partial charge in [-0.15, -0.1) is 12.4 Å². The van der Waals surface area contributed by atoms with Gasteiger partial charge < -0.3 is 20.7 Å². The van der Waals surface area contributed by atoms with Crippen LogP contribution in [0.1, 0.15) is 40.0 Å². The Morgan fingerprint density at radius 1 is 1.33 bits per heavy atom. The summed E-state index contributed by atoms with van der Waals surface area (Å²) in [5.41, 5.74) is -0.160. The molecule has 1 aliphatic carbocycles. The van der Waals surface area contributed by atoms with Crippen molar-refractivity contribution in [1.29, 1.82) is 0 Å². The Morgan fingerprint density at radius 3 is 2.71 bits per heavy atom. The minimum Gasteiger partial charge on any atom is -0.379 e. The molecule has 2 aliphatic rings. The summed E-state index contributed by atoms with van der Waals surface area (Å²) < 4.78 is 5.56. The standard InChI is InChI=1S/C15H29N3O2.ClH/c1-15(2,3)18-14(19)9-17-12-6-4-5-11(12)13-10-20-8-7-16-13;/h11-13,16-17H,4-10H2,1-3H3,(H,18,19);1H. The van der Waals surface area contributed by atoms with E-state index >= 15 is 0 Å². The molecule has 0 radical (unpaired) electrons. The number of nitrogens with one attached hydrogen (secondary N) is 3. The molecule has 5 nitrogen and oxygen atoms in total. The van der Waals surface area contributed by atoms with E-state index in [9.17, 15) is 4.79 Å². The van der Waals surface area contributed by atoms with Crippen LogP contribution in [0.4, 0.5) is 0 Å². The number of ether oxygens (including phenoxy) is 1. The predicted molar refractivity (Wildman–Crippen MR) is 86.9 cm³/mol. The molecule has 1 heterocycles. The zero-order valence-electron chi connectivity index (χ0n) is 13.4. The molecule has 1 amide bonds. The highest BCUT2D eigenvalue weighted by Crippen LogP contribution is 2.29. The Kier molecular flexibility index (Phi) is 7.40. The average Bonchev–Trinajstić information content (AvgIpc) is 2.83. The lowest BCUT2D eigenvalue weighted by Crippen LogP contribution is -2.52. The molecule has 3 unspecified atom stereocenters. The fourth-order valence-corrected chi connectivity index (χ4v) is 3.27. The number of hydrogen-bond acceptors (Lipinski definition) is 4. The number of carbonyl (C=O) groups excluding carboxylic acids is 1. The Balaban J connectivity index is 0.00000220. The molecule has 21 heavy (non-hydrogen) atoms. The number of halogens is 1. The SMILES string of the molecule is CC(C)(C)NC(=O)CNC1CCCC1C1COCCN1.Cl. The third-order valence-corrected chi connectivity index (χ3v) is 4.08. The van der Waals surface area contributed by atoms with Crippen molar-refractivity contribution >= 4 is 18.3 Å². The summed E-state index contributed by atoms with van der Waals surface area (Å²) in [6.07, 6.45) is 3.62. The molecule has 1 aliphatic heterocycles. The van der Waals surface area contributed by atoms with E-state index in [4.69, 9.17) is 4.74 Å². The van der Waals surface area contributed by atoms with E-state index in [1.165, 1.54) is 12.8 Å². The summed E-state index contributed by atoms with van der Waals surface area (Å²) in [6, 6.07) is 0.870. The maximum atomic E-state index is 11.9. The van der Waals surface area contributed by atoms with Crippen molar-refractivity contribution in [1.82, 2.24) is 16.0 Å². The third kappa shape index (κ3) is 6.10. The van der Waals surface area contributed by atoms with Crippen LogP contribution >= 0.6 is 12.4 Å². The van der Waals surface area contributed by atoms with Crippen molar-refractivity contribution in [3.05, 3.63) is 0 Å². The molecule has 0 aromatic rings. The second-order valence-electron chi connectivity index (χ2n) is 7.02. The Hall–Kier alpha value is -0.360. The fourth-order valence-electron chi connectivity index (χ4n) is 3.27. The molecular weight excluding hydrogens is 290 g/mol. The normalized spacial score (nSPS) is 29.8. The van der Waals surface area contributed by atoms with Crippen molar-refractivity contribution in [3.63, 3.8) is 0 Å². The van der Waals surface area contributed by atoms with Gasteiger partial charge in [0.2, 0.25) is 5.91 Å². The molecule has 1 saturated heterocycles. The molecule has 0 bridgehead atoms. The van der Waals surface area contributed by atoms with Crippen molar-refractivity contribution in [2.45, 2.75) is 57.7 Å². The van der Waals surface area contributed by atoms with E-state index in [1.807, 2.05) is 20.8 Å². The highest BCUT2D eigenvalue weighted by molar-refractivity contribution is 5.85. The summed E-state index contributed by atoms with van der Waals surface area (Å²) in [4.78, 5) is 11.9. The smallest absolute Gasteiger partial charge is 0.234 e.